The lowest BCUT2D eigenvalue weighted by Gasteiger charge is -2.32. The van der Waals surface area contributed by atoms with Gasteiger partial charge in [0, 0.05) is 5.56 Å². The lowest BCUT2D eigenvalue weighted by Crippen LogP contribution is -2.47. The quantitative estimate of drug-likeness (QED) is 0.465. The fourth-order valence-corrected chi connectivity index (χ4v) is 3.27. The van der Waals surface area contributed by atoms with Gasteiger partial charge in [0.15, 0.2) is 5.67 Å². The van der Waals surface area contributed by atoms with Crippen molar-refractivity contribution in [2.75, 3.05) is 20.8 Å². The van der Waals surface area contributed by atoms with Crippen molar-refractivity contribution in [2.45, 2.75) is 11.7 Å². The molecule has 3 aromatic rings. The van der Waals surface area contributed by atoms with Crippen LogP contribution in [0.1, 0.15) is 16.7 Å². The smallest absolute Gasteiger partial charge is 0.319 e. The van der Waals surface area contributed by atoms with Crippen LogP contribution in [0.5, 0.6) is 5.75 Å². The molecule has 4 nitrogen and oxygen atoms in total. The first-order chi connectivity index (χ1) is 15.1. The van der Waals surface area contributed by atoms with Gasteiger partial charge in [0.05, 0.1) is 20.8 Å². The average Bonchev–Trinajstić information content (AvgIpc) is 2.84. The van der Waals surface area contributed by atoms with Crippen LogP contribution in [0.3, 0.4) is 0 Å². The van der Waals surface area contributed by atoms with E-state index in [2.05, 4.69) is 17.2 Å². The molecule has 0 saturated heterocycles. The number of hydrogen-bond acceptors (Lipinski definition) is 4. The van der Waals surface area contributed by atoms with Crippen molar-refractivity contribution in [1.82, 2.24) is 5.32 Å². The third-order valence-electron chi connectivity index (χ3n) is 4.89. The first-order valence-electron chi connectivity index (χ1n) is 9.83. The van der Waals surface area contributed by atoms with E-state index in [-0.39, 0.29) is 6.54 Å². The van der Waals surface area contributed by atoms with E-state index in [0.29, 0.717) is 22.4 Å². The van der Waals surface area contributed by atoms with Gasteiger partial charge in [-0.1, -0.05) is 78.6 Å². The van der Waals surface area contributed by atoms with Crippen LogP contribution in [0.25, 0.3) is 0 Å². The third kappa shape index (κ3) is 5.30. The molecule has 0 aliphatic rings. The van der Waals surface area contributed by atoms with Crippen LogP contribution in [-0.2, 0) is 15.2 Å². The van der Waals surface area contributed by atoms with E-state index in [4.69, 9.17) is 9.47 Å². The van der Waals surface area contributed by atoms with Crippen LogP contribution in [-0.4, -0.2) is 32.8 Å². The van der Waals surface area contributed by atoms with Crippen LogP contribution in [0.15, 0.2) is 84.9 Å². The number of methoxy groups -OCH3 is 2. The van der Waals surface area contributed by atoms with Crippen LogP contribution >= 0.6 is 0 Å². The van der Waals surface area contributed by atoms with Gasteiger partial charge in [0.25, 0.3) is 0 Å². The molecule has 3 aromatic carbocycles. The van der Waals surface area contributed by atoms with Crippen molar-refractivity contribution in [1.29, 1.82) is 0 Å². The Bertz CT molecular complexity index is 1020. The van der Waals surface area contributed by atoms with Gasteiger partial charge in [-0.05, 0) is 29.3 Å². The van der Waals surface area contributed by atoms with E-state index in [1.807, 2.05) is 30.3 Å². The number of benzene rings is 3. The highest BCUT2D eigenvalue weighted by atomic mass is 19.1. The van der Waals surface area contributed by atoms with E-state index in [1.54, 1.807) is 61.7 Å². The molecule has 0 saturated carbocycles. The Hall–Kier alpha value is -3.62. The van der Waals surface area contributed by atoms with Gasteiger partial charge < -0.3 is 9.47 Å². The van der Waals surface area contributed by atoms with Gasteiger partial charge >= 0.3 is 5.97 Å². The fourth-order valence-electron chi connectivity index (χ4n) is 3.27. The highest BCUT2D eigenvalue weighted by molar-refractivity contribution is 5.71. The molecule has 0 bridgehead atoms. The molecule has 0 radical (unpaired) electrons. The van der Waals surface area contributed by atoms with Crippen molar-refractivity contribution in [3.63, 3.8) is 0 Å². The number of carbonyl (C=O) groups excluding carboxylic acids is 1. The largest absolute Gasteiger partial charge is 0.497 e. The highest BCUT2D eigenvalue weighted by Gasteiger charge is 2.42. The predicted octanol–water partition coefficient (Wildman–Crippen LogP) is 4.09. The summed E-state index contributed by atoms with van der Waals surface area (Å²) < 4.78 is 27.0. The number of ether oxygens (including phenoxy) is 2. The second-order valence-electron chi connectivity index (χ2n) is 6.84. The summed E-state index contributed by atoms with van der Waals surface area (Å²) in [5, 5.41) is 2.95. The second-order valence-corrected chi connectivity index (χ2v) is 6.84. The molecular weight excluding hydrogens is 393 g/mol. The molecule has 0 spiro atoms. The summed E-state index contributed by atoms with van der Waals surface area (Å²) in [6, 6.07) is 23.8. The van der Waals surface area contributed by atoms with Crippen molar-refractivity contribution in [3.05, 3.63) is 102 Å². The number of alkyl halides is 1. The van der Waals surface area contributed by atoms with Gasteiger partial charge in [0.1, 0.15) is 11.8 Å². The van der Waals surface area contributed by atoms with Crippen LogP contribution in [0, 0.1) is 11.8 Å². The van der Waals surface area contributed by atoms with Crippen molar-refractivity contribution in [2.24, 2.45) is 0 Å². The Morgan fingerprint density at radius 2 is 1.58 bits per heavy atom. The second kappa shape index (κ2) is 10.4. The lowest BCUT2D eigenvalue weighted by atomic mass is 9.81. The number of rotatable bonds is 7. The van der Waals surface area contributed by atoms with Crippen molar-refractivity contribution < 1.29 is 18.7 Å². The molecular formula is C26H24FNO3. The van der Waals surface area contributed by atoms with Crippen molar-refractivity contribution in [3.8, 4) is 17.6 Å². The van der Waals surface area contributed by atoms with Crippen LogP contribution < -0.4 is 10.1 Å². The Morgan fingerprint density at radius 1 is 0.968 bits per heavy atom. The summed E-state index contributed by atoms with van der Waals surface area (Å²) in [6.07, 6.45) is 0. The molecule has 0 aromatic heterocycles. The first kappa shape index (κ1) is 22.1. The van der Waals surface area contributed by atoms with E-state index in [0.717, 1.165) is 0 Å². The Morgan fingerprint density at radius 3 is 2.13 bits per heavy atom. The van der Waals surface area contributed by atoms with Crippen LogP contribution in [0.2, 0.25) is 0 Å². The molecule has 158 valence electrons. The zero-order chi connectivity index (χ0) is 22.1. The molecule has 1 unspecified atom stereocenters. The number of carbonyl (C=O) groups is 1. The van der Waals surface area contributed by atoms with Gasteiger partial charge in [-0.15, -0.1) is 0 Å². The third-order valence-corrected chi connectivity index (χ3v) is 4.89. The molecule has 0 fully saturated rings. The number of hydrogen-bond donors (Lipinski definition) is 1. The molecule has 3 rings (SSSR count). The number of nitrogens with one attached hydrogen (secondary N) is 1. The van der Waals surface area contributed by atoms with Gasteiger partial charge in [-0.25, -0.2) is 4.39 Å². The lowest BCUT2D eigenvalue weighted by molar-refractivity contribution is -0.139. The van der Waals surface area contributed by atoms with Crippen LogP contribution in [0.4, 0.5) is 4.39 Å². The summed E-state index contributed by atoms with van der Waals surface area (Å²) in [6.45, 7) is -0.181. The standard InChI is InChI=1S/C26H24FNO3/c1-30-23-15-9-10-20(18-23)16-17-24(28-19-25(29)31-2)26(27,21-11-5-3-6-12-21)22-13-7-4-8-14-22/h3-15,18,24,28H,19H2,1-2H3. The van der Waals surface area contributed by atoms with E-state index in [9.17, 15) is 4.79 Å². The maximum atomic E-state index is 17.0. The molecule has 0 amide bonds. The molecule has 0 aliphatic carbocycles. The van der Waals surface area contributed by atoms with E-state index < -0.39 is 17.7 Å². The topological polar surface area (TPSA) is 47.6 Å². The minimum absolute atomic E-state index is 0.181. The minimum Gasteiger partial charge on any atom is -0.497 e. The summed E-state index contributed by atoms with van der Waals surface area (Å²) in [4.78, 5) is 11.8. The number of halogens is 1. The molecule has 5 heteroatoms. The predicted molar refractivity (Wildman–Crippen MR) is 118 cm³/mol. The average molecular weight is 417 g/mol. The zero-order valence-electron chi connectivity index (χ0n) is 17.5. The molecule has 1 atom stereocenters. The molecule has 0 heterocycles. The number of esters is 1. The monoisotopic (exact) mass is 417 g/mol. The molecule has 1 N–H and O–H groups in total. The summed E-state index contributed by atoms with van der Waals surface area (Å²) >= 11 is 0. The van der Waals surface area contributed by atoms with Gasteiger partial charge in [0.2, 0.25) is 0 Å². The fraction of sp³-hybridized carbons (Fsp3) is 0.192. The van der Waals surface area contributed by atoms with E-state index >= 15 is 4.39 Å². The van der Waals surface area contributed by atoms with Gasteiger partial charge in [-0.2, -0.15) is 0 Å². The summed E-state index contributed by atoms with van der Waals surface area (Å²) in [5.41, 5.74) is -0.470. The Balaban J connectivity index is 2.10. The minimum atomic E-state index is -2.01. The van der Waals surface area contributed by atoms with Gasteiger partial charge in [-0.3, -0.25) is 10.1 Å². The highest BCUT2D eigenvalue weighted by Crippen LogP contribution is 2.37. The first-order valence-corrected chi connectivity index (χ1v) is 9.83. The normalized spacial score (nSPS) is 11.7. The van der Waals surface area contributed by atoms with Crippen molar-refractivity contribution >= 4 is 5.97 Å². The maximum absolute atomic E-state index is 17.0. The Labute approximate surface area is 182 Å². The molecule has 0 aliphatic heterocycles. The zero-order valence-corrected chi connectivity index (χ0v) is 17.5. The molecule has 31 heavy (non-hydrogen) atoms. The summed E-state index contributed by atoms with van der Waals surface area (Å²) in [7, 11) is 2.86. The SMILES string of the molecule is COC(=O)CNC(C#Cc1cccc(OC)c1)C(F)(c1ccccc1)c1ccccc1. The maximum Gasteiger partial charge on any atom is 0.319 e. The Kier molecular flexibility index (Phi) is 7.42. The van der Waals surface area contributed by atoms with E-state index in [1.165, 1.54) is 7.11 Å². The summed E-state index contributed by atoms with van der Waals surface area (Å²) in [5.74, 6) is 6.18.